The normalized spacial score (nSPS) is 26.6. The van der Waals surface area contributed by atoms with Crippen LogP contribution in [0.4, 0.5) is 0 Å². The summed E-state index contributed by atoms with van der Waals surface area (Å²) in [7, 11) is 1.82. The maximum Gasteiger partial charge on any atom is 0.120 e. The monoisotopic (exact) mass is 223 g/mol. The standard InChI is InChI=1S/C12H21N3O/c1-16-11-6-4-2-3-5-10(11)15-9-12-13-7-8-14-12/h7-8,10-11,15H,2-6,9H2,1H3,(H,13,14). The fraction of sp³-hybridized carbons (Fsp3) is 0.750. The van der Waals surface area contributed by atoms with E-state index in [2.05, 4.69) is 15.3 Å². The van der Waals surface area contributed by atoms with Crippen LogP contribution in [0.5, 0.6) is 0 Å². The van der Waals surface area contributed by atoms with Gasteiger partial charge in [0.25, 0.3) is 0 Å². The van der Waals surface area contributed by atoms with Crippen LogP contribution in [0.25, 0.3) is 0 Å². The summed E-state index contributed by atoms with van der Waals surface area (Å²) < 4.78 is 5.56. The van der Waals surface area contributed by atoms with Gasteiger partial charge in [-0.15, -0.1) is 0 Å². The minimum atomic E-state index is 0.359. The van der Waals surface area contributed by atoms with E-state index in [1.165, 1.54) is 32.1 Å². The first kappa shape index (κ1) is 11.6. The molecule has 0 aromatic carbocycles. The summed E-state index contributed by atoms with van der Waals surface area (Å²) in [6.45, 7) is 0.803. The number of H-pyrrole nitrogens is 1. The minimum absolute atomic E-state index is 0.359. The third-order valence-corrected chi connectivity index (χ3v) is 3.34. The van der Waals surface area contributed by atoms with Crippen molar-refractivity contribution in [1.29, 1.82) is 0 Å². The minimum Gasteiger partial charge on any atom is -0.380 e. The number of methoxy groups -OCH3 is 1. The van der Waals surface area contributed by atoms with E-state index in [9.17, 15) is 0 Å². The number of ether oxygens (including phenoxy) is 1. The highest BCUT2D eigenvalue weighted by atomic mass is 16.5. The molecule has 0 spiro atoms. The maximum atomic E-state index is 5.56. The highest BCUT2D eigenvalue weighted by Crippen LogP contribution is 2.20. The third kappa shape index (κ3) is 3.06. The van der Waals surface area contributed by atoms with Crippen molar-refractivity contribution in [1.82, 2.24) is 15.3 Å². The smallest absolute Gasteiger partial charge is 0.120 e. The van der Waals surface area contributed by atoms with E-state index in [0.717, 1.165) is 12.4 Å². The third-order valence-electron chi connectivity index (χ3n) is 3.34. The molecular weight excluding hydrogens is 202 g/mol. The van der Waals surface area contributed by atoms with E-state index in [0.29, 0.717) is 12.1 Å². The molecule has 2 N–H and O–H groups in total. The van der Waals surface area contributed by atoms with E-state index >= 15 is 0 Å². The first-order valence-electron chi connectivity index (χ1n) is 6.14. The molecule has 0 bridgehead atoms. The Bertz CT molecular complexity index is 286. The summed E-state index contributed by atoms with van der Waals surface area (Å²) >= 11 is 0. The summed E-state index contributed by atoms with van der Waals surface area (Å²) in [5, 5.41) is 3.55. The van der Waals surface area contributed by atoms with Crippen LogP contribution in [0.15, 0.2) is 12.4 Å². The van der Waals surface area contributed by atoms with Crippen molar-refractivity contribution >= 4 is 0 Å². The molecule has 1 fully saturated rings. The molecule has 1 aliphatic rings. The molecule has 0 saturated heterocycles. The number of imidazole rings is 1. The van der Waals surface area contributed by atoms with Crippen LogP contribution in [-0.2, 0) is 11.3 Å². The fourth-order valence-electron chi connectivity index (χ4n) is 2.41. The van der Waals surface area contributed by atoms with Crippen LogP contribution < -0.4 is 5.32 Å². The Morgan fingerprint density at radius 1 is 1.44 bits per heavy atom. The van der Waals surface area contributed by atoms with Crippen molar-refractivity contribution in [2.24, 2.45) is 0 Å². The molecule has 2 unspecified atom stereocenters. The lowest BCUT2D eigenvalue weighted by atomic mass is 10.1. The van der Waals surface area contributed by atoms with Gasteiger partial charge >= 0.3 is 0 Å². The lowest BCUT2D eigenvalue weighted by Gasteiger charge is -2.24. The van der Waals surface area contributed by atoms with Gasteiger partial charge in [-0.2, -0.15) is 0 Å². The van der Waals surface area contributed by atoms with Gasteiger partial charge in [0.2, 0.25) is 0 Å². The van der Waals surface area contributed by atoms with Gasteiger partial charge in [-0.05, 0) is 12.8 Å². The topological polar surface area (TPSA) is 49.9 Å². The van der Waals surface area contributed by atoms with Gasteiger partial charge in [-0.25, -0.2) is 4.98 Å². The zero-order valence-corrected chi connectivity index (χ0v) is 9.91. The summed E-state index contributed by atoms with van der Waals surface area (Å²) in [4.78, 5) is 7.33. The molecule has 1 aliphatic carbocycles. The second kappa shape index (κ2) is 6.01. The zero-order chi connectivity index (χ0) is 11.2. The Hall–Kier alpha value is -0.870. The summed E-state index contributed by atoms with van der Waals surface area (Å²) in [5.74, 6) is 0.999. The van der Waals surface area contributed by atoms with E-state index in [-0.39, 0.29) is 0 Å². The number of nitrogens with zero attached hydrogens (tertiary/aromatic N) is 1. The number of hydrogen-bond acceptors (Lipinski definition) is 3. The van der Waals surface area contributed by atoms with Gasteiger partial charge in [-0.3, -0.25) is 0 Å². The van der Waals surface area contributed by atoms with Gasteiger partial charge < -0.3 is 15.0 Å². The average molecular weight is 223 g/mol. The zero-order valence-electron chi connectivity index (χ0n) is 9.91. The molecule has 0 aliphatic heterocycles. The fourth-order valence-corrected chi connectivity index (χ4v) is 2.41. The van der Waals surface area contributed by atoms with Crippen LogP contribution in [0.3, 0.4) is 0 Å². The number of hydrogen-bond donors (Lipinski definition) is 2. The van der Waals surface area contributed by atoms with E-state index in [1.807, 2.05) is 13.3 Å². The van der Waals surface area contributed by atoms with Gasteiger partial charge in [0.15, 0.2) is 0 Å². The van der Waals surface area contributed by atoms with Crippen LogP contribution in [0.1, 0.15) is 37.9 Å². The second-order valence-corrected chi connectivity index (χ2v) is 4.44. The summed E-state index contributed by atoms with van der Waals surface area (Å²) in [6.07, 6.45) is 10.3. The van der Waals surface area contributed by atoms with Crippen LogP contribution in [0.2, 0.25) is 0 Å². The van der Waals surface area contributed by atoms with Gasteiger partial charge in [-0.1, -0.05) is 19.3 Å². The molecule has 16 heavy (non-hydrogen) atoms. The lowest BCUT2D eigenvalue weighted by Crippen LogP contribution is -2.40. The molecule has 2 rings (SSSR count). The molecule has 4 nitrogen and oxygen atoms in total. The largest absolute Gasteiger partial charge is 0.380 e. The van der Waals surface area contributed by atoms with E-state index < -0.39 is 0 Å². The van der Waals surface area contributed by atoms with Crippen molar-refractivity contribution in [3.8, 4) is 0 Å². The average Bonchev–Trinajstić information content (AvgIpc) is 2.71. The Labute approximate surface area is 96.8 Å². The molecule has 1 aromatic rings. The molecule has 2 atom stereocenters. The van der Waals surface area contributed by atoms with Crippen molar-refractivity contribution in [3.05, 3.63) is 18.2 Å². The van der Waals surface area contributed by atoms with Crippen LogP contribution in [0, 0.1) is 0 Å². The number of aromatic nitrogens is 2. The quantitative estimate of drug-likeness (QED) is 0.766. The number of rotatable bonds is 4. The molecule has 1 saturated carbocycles. The lowest BCUT2D eigenvalue weighted by molar-refractivity contribution is 0.0624. The highest BCUT2D eigenvalue weighted by molar-refractivity contribution is 4.88. The summed E-state index contributed by atoms with van der Waals surface area (Å²) in [6, 6.07) is 0.470. The van der Waals surface area contributed by atoms with E-state index in [4.69, 9.17) is 4.74 Å². The van der Waals surface area contributed by atoms with Crippen molar-refractivity contribution in [3.63, 3.8) is 0 Å². The van der Waals surface area contributed by atoms with Crippen molar-refractivity contribution < 1.29 is 4.74 Å². The highest BCUT2D eigenvalue weighted by Gasteiger charge is 2.22. The Morgan fingerprint density at radius 3 is 3.06 bits per heavy atom. The first-order valence-corrected chi connectivity index (χ1v) is 6.14. The Balaban J connectivity index is 1.85. The molecule has 4 heteroatoms. The van der Waals surface area contributed by atoms with E-state index in [1.54, 1.807) is 6.20 Å². The predicted molar refractivity (Wildman–Crippen MR) is 63.1 cm³/mol. The van der Waals surface area contributed by atoms with Gasteiger partial charge in [0.05, 0.1) is 12.6 Å². The summed E-state index contributed by atoms with van der Waals surface area (Å²) in [5.41, 5.74) is 0. The molecule has 1 aromatic heterocycles. The van der Waals surface area contributed by atoms with Gasteiger partial charge in [0.1, 0.15) is 5.82 Å². The molecule has 0 radical (unpaired) electrons. The molecule has 1 heterocycles. The predicted octanol–water partition coefficient (Wildman–Crippen LogP) is 1.85. The Kier molecular flexibility index (Phi) is 4.36. The van der Waals surface area contributed by atoms with Crippen molar-refractivity contribution in [2.75, 3.05) is 7.11 Å². The number of aromatic amines is 1. The molecular formula is C12H21N3O. The van der Waals surface area contributed by atoms with Crippen LogP contribution >= 0.6 is 0 Å². The van der Waals surface area contributed by atoms with Gasteiger partial charge in [0, 0.05) is 25.5 Å². The van der Waals surface area contributed by atoms with Crippen molar-refractivity contribution in [2.45, 2.75) is 50.8 Å². The van der Waals surface area contributed by atoms with Crippen LogP contribution in [-0.4, -0.2) is 29.2 Å². The SMILES string of the molecule is COC1CCCCCC1NCc1ncc[nH]1. The Morgan fingerprint density at radius 2 is 2.31 bits per heavy atom. The molecule has 90 valence electrons. The maximum absolute atomic E-state index is 5.56. The second-order valence-electron chi connectivity index (χ2n) is 4.44. The number of nitrogens with one attached hydrogen (secondary N) is 2. The molecule has 0 amide bonds. The first-order chi connectivity index (χ1) is 7.90.